The molecule has 0 saturated carbocycles. The van der Waals surface area contributed by atoms with Crippen molar-refractivity contribution < 1.29 is 0 Å². The Morgan fingerprint density at radius 2 is 1.70 bits per heavy atom. The molecule has 0 bridgehead atoms. The molecule has 2 rings (SSSR count). The summed E-state index contributed by atoms with van der Waals surface area (Å²) in [5.41, 5.74) is 4.98. The van der Waals surface area contributed by atoms with Crippen LogP contribution in [0.15, 0.2) is 42.6 Å². The summed E-state index contributed by atoms with van der Waals surface area (Å²) in [4.78, 5) is 4.53. The van der Waals surface area contributed by atoms with Gasteiger partial charge in [0.1, 0.15) is 0 Å². The second kappa shape index (κ2) is 6.67. The van der Waals surface area contributed by atoms with E-state index < -0.39 is 0 Å². The smallest absolute Gasteiger partial charge is 0.0751 e. The molecule has 20 heavy (non-hydrogen) atoms. The maximum Gasteiger partial charge on any atom is 0.0751 e. The lowest BCUT2D eigenvalue weighted by molar-refractivity contribution is 0.614. The molecule has 0 aliphatic heterocycles. The number of pyridine rings is 1. The van der Waals surface area contributed by atoms with Crippen molar-refractivity contribution in [3.63, 3.8) is 0 Å². The van der Waals surface area contributed by atoms with E-state index in [1.165, 1.54) is 16.7 Å². The number of nitrogens with one attached hydrogen (secondary N) is 1. The predicted octanol–water partition coefficient (Wildman–Crippen LogP) is 4.21. The molecule has 2 heteroatoms. The Bertz CT molecular complexity index is 544. The molecule has 1 aromatic heterocycles. The first kappa shape index (κ1) is 14.7. The monoisotopic (exact) mass is 268 g/mol. The zero-order valence-corrected chi connectivity index (χ0v) is 12.9. The predicted molar refractivity (Wildman–Crippen MR) is 85.0 cm³/mol. The molecule has 1 atom stereocenters. The van der Waals surface area contributed by atoms with Crippen molar-refractivity contribution in [3.05, 3.63) is 65.0 Å². The van der Waals surface area contributed by atoms with Gasteiger partial charge in [-0.2, -0.15) is 0 Å². The molecule has 2 nitrogen and oxygen atoms in total. The van der Waals surface area contributed by atoms with E-state index in [2.05, 4.69) is 68.3 Å². The van der Waals surface area contributed by atoms with Crippen LogP contribution in [0.4, 0.5) is 0 Å². The van der Waals surface area contributed by atoms with Gasteiger partial charge in [0.25, 0.3) is 0 Å². The van der Waals surface area contributed by atoms with Crippen LogP contribution in [0.25, 0.3) is 0 Å². The third kappa shape index (κ3) is 3.45. The topological polar surface area (TPSA) is 24.9 Å². The van der Waals surface area contributed by atoms with Crippen molar-refractivity contribution in [2.45, 2.75) is 39.7 Å². The Kier molecular flexibility index (Phi) is 4.91. The van der Waals surface area contributed by atoms with E-state index >= 15 is 0 Å². The molecule has 0 aliphatic rings. The first-order valence-electron chi connectivity index (χ1n) is 7.37. The molecule has 1 aromatic carbocycles. The van der Waals surface area contributed by atoms with Gasteiger partial charge in [-0.3, -0.25) is 4.98 Å². The summed E-state index contributed by atoms with van der Waals surface area (Å²) < 4.78 is 0. The molecule has 0 aliphatic carbocycles. The first-order valence-corrected chi connectivity index (χ1v) is 7.37. The van der Waals surface area contributed by atoms with Gasteiger partial charge in [0, 0.05) is 6.20 Å². The van der Waals surface area contributed by atoms with E-state index in [4.69, 9.17) is 0 Å². The van der Waals surface area contributed by atoms with E-state index in [1.54, 1.807) is 0 Å². The SMILES string of the molecule is CCNC(c1ccc(C(C)C)cc1)c1cc(C)ccn1. The Morgan fingerprint density at radius 3 is 2.25 bits per heavy atom. The Morgan fingerprint density at radius 1 is 1.05 bits per heavy atom. The number of hydrogen-bond acceptors (Lipinski definition) is 2. The van der Waals surface area contributed by atoms with Crippen molar-refractivity contribution in [3.8, 4) is 0 Å². The lowest BCUT2D eigenvalue weighted by Crippen LogP contribution is -2.23. The minimum atomic E-state index is 0.168. The summed E-state index contributed by atoms with van der Waals surface area (Å²) in [6.45, 7) is 9.60. The summed E-state index contributed by atoms with van der Waals surface area (Å²) >= 11 is 0. The Balaban J connectivity index is 2.33. The van der Waals surface area contributed by atoms with Gasteiger partial charge in [0.2, 0.25) is 0 Å². The van der Waals surface area contributed by atoms with Crippen LogP contribution < -0.4 is 5.32 Å². The normalized spacial score (nSPS) is 12.7. The molecular formula is C18H24N2. The van der Waals surface area contributed by atoms with Crippen molar-refractivity contribution in [2.24, 2.45) is 0 Å². The highest BCUT2D eigenvalue weighted by atomic mass is 14.9. The highest BCUT2D eigenvalue weighted by Crippen LogP contribution is 2.23. The molecular weight excluding hydrogens is 244 g/mol. The van der Waals surface area contributed by atoms with Crippen LogP contribution in [-0.4, -0.2) is 11.5 Å². The molecule has 0 radical (unpaired) electrons. The van der Waals surface area contributed by atoms with Gasteiger partial charge in [0.05, 0.1) is 11.7 Å². The molecule has 1 heterocycles. The van der Waals surface area contributed by atoms with E-state index in [9.17, 15) is 0 Å². The number of hydrogen-bond donors (Lipinski definition) is 1. The summed E-state index contributed by atoms with van der Waals surface area (Å²) in [7, 11) is 0. The number of aromatic nitrogens is 1. The van der Waals surface area contributed by atoms with Crippen molar-refractivity contribution >= 4 is 0 Å². The zero-order chi connectivity index (χ0) is 14.5. The lowest BCUT2D eigenvalue weighted by Gasteiger charge is -2.19. The van der Waals surface area contributed by atoms with Gasteiger partial charge in [-0.15, -0.1) is 0 Å². The lowest BCUT2D eigenvalue weighted by atomic mass is 9.97. The molecule has 1 unspecified atom stereocenters. The maximum atomic E-state index is 4.53. The fourth-order valence-electron chi connectivity index (χ4n) is 2.39. The average molecular weight is 268 g/mol. The molecule has 0 saturated heterocycles. The standard InChI is InChI=1S/C18H24N2/c1-5-19-18(17-12-14(4)10-11-20-17)16-8-6-15(7-9-16)13(2)3/h6-13,18-19H,5H2,1-4H3. The highest BCUT2D eigenvalue weighted by Gasteiger charge is 2.14. The van der Waals surface area contributed by atoms with Gasteiger partial charge in [-0.1, -0.05) is 45.0 Å². The number of nitrogens with zero attached hydrogens (tertiary/aromatic N) is 1. The number of rotatable bonds is 5. The highest BCUT2D eigenvalue weighted by molar-refractivity contribution is 5.32. The van der Waals surface area contributed by atoms with E-state index in [0.717, 1.165) is 12.2 Å². The van der Waals surface area contributed by atoms with Gasteiger partial charge in [0.15, 0.2) is 0 Å². The minimum absolute atomic E-state index is 0.168. The maximum absolute atomic E-state index is 4.53. The molecule has 106 valence electrons. The number of benzene rings is 1. The Hall–Kier alpha value is -1.67. The number of aryl methyl sites for hydroxylation is 1. The van der Waals surface area contributed by atoms with Crippen LogP contribution in [0.2, 0.25) is 0 Å². The molecule has 2 aromatic rings. The van der Waals surface area contributed by atoms with Gasteiger partial charge in [-0.25, -0.2) is 0 Å². The molecule has 1 N–H and O–H groups in total. The van der Waals surface area contributed by atoms with Crippen LogP contribution in [0, 0.1) is 6.92 Å². The fourth-order valence-corrected chi connectivity index (χ4v) is 2.39. The largest absolute Gasteiger partial charge is 0.305 e. The van der Waals surface area contributed by atoms with Crippen molar-refractivity contribution in [1.82, 2.24) is 10.3 Å². The quantitative estimate of drug-likeness (QED) is 0.878. The summed E-state index contributed by atoms with van der Waals surface area (Å²) in [5.74, 6) is 0.568. The van der Waals surface area contributed by atoms with E-state index in [0.29, 0.717) is 5.92 Å². The first-order chi connectivity index (χ1) is 9.61. The van der Waals surface area contributed by atoms with Crippen LogP contribution in [0.3, 0.4) is 0 Å². The second-order valence-electron chi connectivity index (χ2n) is 5.57. The molecule has 0 spiro atoms. The molecule has 0 amide bonds. The van der Waals surface area contributed by atoms with Gasteiger partial charge in [-0.05, 0) is 48.2 Å². The van der Waals surface area contributed by atoms with Crippen LogP contribution >= 0.6 is 0 Å². The van der Waals surface area contributed by atoms with Crippen molar-refractivity contribution in [2.75, 3.05) is 6.54 Å². The average Bonchev–Trinajstić information content (AvgIpc) is 2.45. The Labute approximate surface area is 122 Å². The fraction of sp³-hybridized carbons (Fsp3) is 0.389. The van der Waals surface area contributed by atoms with Crippen LogP contribution in [-0.2, 0) is 0 Å². The van der Waals surface area contributed by atoms with E-state index in [-0.39, 0.29) is 6.04 Å². The van der Waals surface area contributed by atoms with Crippen LogP contribution in [0.5, 0.6) is 0 Å². The van der Waals surface area contributed by atoms with Gasteiger partial charge >= 0.3 is 0 Å². The third-order valence-corrected chi connectivity index (χ3v) is 3.58. The van der Waals surface area contributed by atoms with E-state index in [1.807, 2.05) is 12.3 Å². The van der Waals surface area contributed by atoms with Crippen LogP contribution in [0.1, 0.15) is 55.1 Å². The van der Waals surface area contributed by atoms with Crippen molar-refractivity contribution in [1.29, 1.82) is 0 Å². The summed E-state index contributed by atoms with van der Waals surface area (Å²) in [6.07, 6.45) is 1.89. The van der Waals surface area contributed by atoms with Gasteiger partial charge < -0.3 is 5.32 Å². The zero-order valence-electron chi connectivity index (χ0n) is 12.9. The summed E-state index contributed by atoms with van der Waals surface area (Å²) in [6, 6.07) is 13.2. The molecule has 0 fully saturated rings. The second-order valence-corrected chi connectivity index (χ2v) is 5.57. The third-order valence-electron chi connectivity index (χ3n) is 3.58. The summed E-state index contributed by atoms with van der Waals surface area (Å²) in [5, 5.41) is 3.53. The minimum Gasteiger partial charge on any atom is -0.305 e.